The molecule has 2 heterocycles. The number of hydrogen-bond acceptors (Lipinski definition) is 5. The topological polar surface area (TPSA) is 81.3 Å². The van der Waals surface area contributed by atoms with Crippen molar-refractivity contribution in [2.24, 2.45) is 0 Å². The van der Waals surface area contributed by atoms with Gasteiger partial charge in [0.15, 0.2) is 12.9 Å². The number of carbonyl (C=O) groups is 1. The first-order chi connectivity index (χ1) is 11.2. The molecule has 0 atom stereocenters. The molecule has 7 heteroatoms. The highest BCUT2D eigenvalue weighted by Gasteiger charge is 2.28. The number of imidazole rings is 1. The summed E-state index contributed by atoms with van der Waals surface area (Å²) < 4.78 is 1.33. The second kappa shape index (κ2) is 6.60. The van der Waals surface area contributed by atoms with Crippen LogP contribution in [0.3, 0.4) is 0 Å². The van der Waals surface area contributed by atoms with Crippen LogP contribution in [0.15, 0.2) is 36.7 Å². The summed E-state index contributed by atoms with van der Waals surface area (Å²) in [7, 11) is 0. The van der Waals surface area contributed by atoms with Crippen LogP contribution in [0.4, 0.5) is 11.6 Å². The molecule has 0 unspecified atom stereocenters. The molecule has 2 aromatic rings. The first-order valence-corrected chi connectivity index (χ1v) is 7.69. The third-order valence-corrected chi connectivity index (χ3v) is 4.03. The Kier molecular flexibility index (Phi) is 4.36. The number of hydrogen-bond donors (Lipinski definition) is 0. The fraction of sp³-hybridized carbons (Fsp3) is 0.375. The second-order valence-electron chi connectivity index (χ2n) is 5.61. The predicted octanol–water partition coefficient (Wildman–Crippen LogP) is 2.66. The lowest BCUT2D eigenvalue weighted by atomic mass is 10.1. The summed E-state index contributed by atoms with van der Waals surface area (Å²) in [4.78, 5) is 29.4. The molecule has 1 aromatic heterocycles. The van der Waals surface area contributed by atoms with Gasteiger partial charge in [-0.3, -0.25) is 4.79 Å². The lowest BCUT2D eigenvalue weighted by Crippen LogP contribution is -2.30. The molecule has 0 bridgehead atoms. The molecular weight excluding hydrogens is 296 g/mol. The van der Waals surface area contributed by atoms with Crippen molar-refractivity contribution in [3.63, 3.8) is 0 Å². The monoisotopic (exact) mass is 314 g/mol. The summed E-state index contributed by atoms with van der Waals surface area (Å²) in [6.45, 7) is 1.45. The number of ketones is 1. The van der Waals surface area contributed by atoms with Gasteiger partial charge >= 0.3 is 5.82 Å². The molecule has 3 rings (SSSR count). The molecule has 0 N–H and O–H groups in total. The van der Waals surface area contributed by atoms with E-state index in [0.29, 0.717) is 11.4 Å². The van der Waals surface area contributed by atoms with E-state index in [0.717, 1.165) is 32.4 Å². The quantitative estimate of drug-likeness (QED) is 0.481. The fourth-order valence-corrected chi connectivity index (χ4v) is 2.87. The Morgan fingerprint density at radius 2 is 1.87 bits per heavy atom. The number of Topliss-reactive ketones (excluding diaryl/α,β-unsaturated/α-hetero) is 1. The average molecular weight is 314 g/mol. The van der Waals surface area contributed by atoms with Gasteiger partial charge in [-0.1, -0.05) is 30.3 Å². The minimum atomic E-state index is -0.449. The molecule has 0 spiro atoms. The van der Waals surface area contributed by atoms with Gasteiger partial charge in [0, 0.05) is 18.7 Å². The van der Waals surface area contributed by atoms with Gasteiger partial charge in [-0.2, -0.15) is 4.98 Å². The molecule has 1 saturated heterocycles. The van der Waals surface area contributed by atoms with Crippen LogP contribution in [-0.4, -0.2) is 33.3 Å². The van der Waals surface area contributed by atoms with Crippen molar-refractivity contribution in [3.05, 3.63) is 52.3 Å². The first-order valence-electron chi connectivity index (χ1n) is 7.69. The molecular formula is C16H18N4O3. The Labute approximate surface area is 133 Å². The largest absolute Gasteiger partial charge is 0.367 e. The number of rotatable bonds is 5. The van der Waals surface area contributed by atoms with Crippen molar-refractivity contribution in [3.8, 4) is 0 Å². The van der Waals surface area contributed by atoms with Gasteiger partial charge in [-0.25, -0.2) is 4.57 Å². The van der Waals surface area contributed by atoms with Gasteiger partial charge in [0.2, 0.25) is 11.6 Å². The number of nitrogens with zero attached hydrogens (tertiary/aromatic N) is 4. The van der Waals surface area contributed by atoms with E-state index in [4.69, 9.17) is 0 Å². The average Bonchev–Trinajstić information content (AvgIpc) is 3.00. The Bertz CT molecular complexity index is 705. The lowest BCUT2D eigenvalue weighted by molar-refractivity contribution is -0.391. The van der Waals surface area contributed by atoms with Crippen LogP contribution in [0, 0.1) is 10.1 Å². The molecule has 1 aliphatic heterocycles. The summed E-state index contributed by atoms with van der Waals surface area (Å²) >= 11 is 0. The van der Waals surface area contributed by atoms with Crippen LogP contribution in [0.2, 0.25) is 0 Å². The maximum Gasteiger partial charge on any atom is 0.367 e. The second-order valence-corrected chi connectivity index (χ2v) is 5.61. The van der Waals surface area contributed by atoms with E-state index in [9.17, 15) is 14.9 Å². The van der Waals surface area contributed by atoms with E-state index >= 15 is 0 Å². The smallest absolute Gasteiger partial charge is 0.358 e. The molecule has 0 radical (unpaired) electrons. The maximum atomic E-state index is 12.3. The summed E-state index contributed by atoms with van der Waals surface area (Å²) in [6.07, 6.45) is 4.54. The van der Waals surface area contributed by atoms with Gasteiger partial charge in [0.05, 0.1) is 0 Å². The van der Waals surface area contributed by atoms with Gasteiger partial charge in [0.1, 0.15) is 0 Å². The Morgan fingerprint density at radius 3 is 2.52 bits per heavy atom. The van der Waals surface area contributed by atoms with E-state index < -0.39 is 4.92 Å². The van der Waals surface area contributed by atoms with Crippen LogP contribution < -0.4 is 4.90 Å². The molecule has 0 aliphatic carbocycles. The van der Waals surface area contributed by atoms with Crippen molar-refractivity contribution in [2.45, 2.75) is 25.8 Å². The summed E-state index contributed by atoms with van der Waals surface area (Å²) in [5.41, 5.74) is 0.537. The molecule has 7 nitrogen and oxygen atoms in total. The number of carbonyl (C=O) groups excluding carboxylic acids is 1. The van der Waals surface area contributed by atoms with E-state index in [1.54, 1.807) is 24.3 Å². The third kappa shape index (κ3) is 3.23. The number of aromatic nitrogens is 2. The van der Waals surface area contributed by atoms with Crippen molar-refractivity contribution in [1.29, 1.82) is 0 Å². The number of benzene rings is 1. The minimum Gasteiger partial charge on any atom is -0.358 e. The van der Waals surface area contributed by atoms with Crippen LogP contribution in [0.5, 0.6) is 0 Å². The van der Waals surface area contributed by atoms with Gasteiger partial charge in [-0.05, 0) is 24.2 Å². The standard InChI is InChI=1S/C16H18N4O3/c21-14(13-7-3-1-4-8-13)11-19-12-17-15(16(19)20(22)23)18-9-5-2-6-10-18/h1,3-4,7-8,12H,2,5-6,9-11H2. The predicted molar refractivity (Wildman–Crippen MR) is 85.7 cm³/mol. The zero-order valence-corrected chi connectivity index (χ0v) is 12.7. The van der Waals surface area contributed by atoms with Crippen LogP contribution >= 0.6 is 0 Å². The molecule has 0 saturated carbocycles. The Morgan fingerprint density at radius 1 is 1.17 bits per heavy atom. The number of nitro groups is 1. The summed E-state index contributed by atoms with van der Waals surface area (Å²) in [6, 6.07) is 8.78. The highest BCUT2D eigenvalue weighted by molar-refractivity contribution is 5.96. The molecule has 23 heavy (non-hydrogen) atoms. The Hall–Kier alpha value is -2.70. The fourth-order valence-electron chi connectivity index (χ4n) is 2.87. The molecule has 1 fully saturated rings. The van der Waals surface area contributed by atoms with Gasteiger partial charge in [0.25, 0.3) is 0 Å². The summed E-state index contributed by atoms with van der Waals surface area (Å²) in [5, 5.41) is 11.5. The van der Waals surface area contributed by atoms with Gasteiger partial charge < -0.3 is 15.0 Å². The third-order valence-electron chi connectivity index (χ3n) is 4.03. The van der Waals surface area contributed by atoms with Crippen molar-refractivity contribution >= 4 is 17.4 Å². The van der Waals surface area contributed by atoms with Crippen LogP contribution in [0.1, 0.15) is 29.6 Å². The van der Waals surface area contributed by atoms with E-state index in [1.165, 1.54) is 10.9 Å². The Balaban J connectivity index is 1.86. The summed E-state index contributed by atoms with van der Waals surface area (Å²) in [5.74, 6) is 0.100. The maximum absolute atomic E-state index is 12.3. The highest BCUT2D eigenvalue weighted by atomic mass is 16.6. The normalized spacial score (nSPS) is 14.7. The number of anilines is 1. The zero-order chi connectivity index (χ0) is 16.2. The molecule has 1 aliphatic rings. The minimum absolute atomic E-state index is 0.0822. The first kappa shape index (κ1) is 15.2. The lowest BCUT2D eigenvalue weighted by Gasteiger charge is -2.25. The van der Waals surface area contributed by atoms with E-state index in [1.807, 2.05) is 11.0 Å². The zero-order valence-electron chi connectivity index (χ0n) is 12.7. The van der Waals surface area contributed by atoms with Crippen molar-refractivity contribution < 1.29 is 9.72 Å². The SMILES string of the molecule is O=C(Cn1cnc(N2CCCCC2)c1[N+](=O)[O-])c1ccccc1. The van der Waals surface area contributed by atoms with Crippen molar-refractivity contribution in [2.75, 3.05) is 18.0 Å². The number of piperidine rings is 1. The molecule has 120 valence electrons. The van der Waals surface area contributed by atoms with E-state index in [2.05, 4.69) is 4.98 Å². The van der Waals surface area contributed by atoms with Crippen LogP contribution in [-0.2, 0) is 6.54 Å². The highest BCUT2D eigenvalue weighted by Crippen LogP contribution is 2.29. The molecule has 0 amide bonds. The van der Waals surface area contributed by atoms with Gasteiger partial charge in [-0.15, -0.1) is 0 Å². The van der Waals surface area contributed by atoms with Crippen LogP contribution in [0.25, 0.3) is 0 Å². The van der Waals surface area contributed by atoms with Crippen molar-refractivity contribution in [1.82, 2.24) is 9.55 Å². The molecule has 1 aromatic carbocycles. The van der Waals surface area contributed by atoms with E-state index in [-0.39, 0.29) is 18.1 Å².